The third kappa shape index (κ3) is 4.01. The van der Waals surface area contributed by atoms with Crippen molar-refractivity contribution in [2.45, 2.75) is 20.3 Å². The lowest BCUT2D eigenvalue weighted by molar-refractivity contribution is 0.577. The molecule has 0 radical (unpaired) electrons. The Balaban J connectivity index is 1.56. The molecule has 0 spiro atoms. The number of hydrogen-bond acceptors (Lipinski definition) is 4. The maximum atomic E-state index is 5.93. The minimum absolute atomic E-state index is 0.380. The molecule has 0 atom stereocenters. The van der Waals surface area contributed by atoms with E-state index in [1.165, 1.54) is 11.1 Å². The first-order valence-corrected chi connectivity index (χ1v) is 7.70. The molecule has 1 aromatic carbocycles. The van der Waals surface area contributed by atoms with Crippen molar-refractivity contribution in [1.29, 1.82) is 0 Å². The van der Waals surface area contributed by atoms with Crippen LogP contribution in [-0.4, -0.2) is 27.7 Å². The lowest BCUT2D eigenvalue weighted by atomic mass is 10.1. The number of guanidine groups is 1. The van der Waals surface area contributed by atoms with E-state index in [9.17, 15) is 0 Å². The Morgan fingerprint density at radius 3 is 2.79 bits per heavy atom. The molecule has 3 rings (SSSR count). The fourth-order valence-corrected chi connectivity index (χ4v) is 2.44. The minimum atomic E-state index is 0.380. The molecule has 0 aliphatic rings. The SMILES string of the molecule is Cc1cc(C)cc(NC(N)=NCCc2nc(-c3ccco3)n[nH]2)c1. The van der Waals surface area contributed by atoms with E-state index in [-0.39, 0.29) is 0 Å². The van der Waals surface area contributed by atoms with Crippen LogP contribution in [0.5, 0.6) is 0 Å². The highest BCUT2D eigenvalue weighted by molar-refractivity contribution is 5.92. The summed E-state index contributed by atoms with van der Waals surface area (Å²) in [6.45, 7) is 4.61. The number of aliphatic imine (C=N–C) groups is 1. The van der Waals surface area contributed by atoms with Crippen LogP contribution in [0, 0.1) is 13.8 Å². The van der Waals surface area contributed by atoms with Crippen LogP contribution in [0.25, 0.3) is 11.6 Å². The molecule has 0 unspecified atom stereocenters. The van der Waals surface area contributed by atoms with E-state index >= 15 is 0 Å². The Morgan fingerprint density at radius 1 is 1.29 bits per heavy atom. The zero-order valence-corrected chi connectivity index (χ0v) is 13.7. The summed E-state index contributed by atoms with van der Waals surface area (Å²) in [5, 5.41) is 10.1. The van der Waals surface area contributed by atoms with Gasteiger partial charge in [-0.3, -0.25) is 10.1 Å². The summed E-state index contributed by atoms with van der Waals surface area (Å²) < 4.78 is 5.26. The van der Waals surface area contributed by atoms with Crippen molar-refractivity contribution >= 4 is 11.6 Å². The van der Waals surface area contributed by atoms with Crippen LogP contribution in [0.1, 0.15) is 17.0 Å². The van der Waals surface area contributed by atoms with E-state index in [4.69, 9.17) is 10.2 Å². The summed E-state index contributed by atoms with van der Waals surface area (Å²) in [7, 11) is 0. The molecule has 7 heteroatoms. The summed E-state index contributed by atoms with van der Waals surface area (Å²) in [6, 6.07) is 9.79. The quantitative estimate of drug-likeness (QED) is 0.494. The van der Waals surface area contributed by atoms with Crippen LogP contribution in [-0.2, 0) is 6.42 Å². The third-order valence-corrected chi connectivity index (χ3v) is 3.40. The minimum Gasteiger partial charge on any atom is -0.461 e. The van der Waals surface area contributed by atoms with Gasteiger partial charge in [-0.2, -0.15) is 5.10 Å². The topological polar surface area (TPSA) is 105 Å². The number of anilines is 1. The number of nitrogens with one attached hydrogen (secondary N) is 2. The Labute approximate surface area is 140 Å². The highest BCUT2D eigenvalue weighted by Gasteiger charge is 2.07. The van der Waals surface area contributed by atoms with Crippen LogP contribution < -0.4 is 11.1 Å². The van der Waals surface area contributed by atoms with Gasteiger partial charge in [0.2, 0.25) is 5.82 Å². The predicted octanol–water partition coefficient (Wildman–Crippen LogP) is 2.65. The Morgan fingerprint density at radius 2 is 2.08 bits per heavy atom. The molecule has 0 saturated heterocycles. The van der Waals surface area contributed by atoms with E-state index in [1.54, 1.807) is 12.3 Å². The summed E-state index contributed by atoms with van der Waals surface area (Å²) in [4.78, 5) is 8.68. The monoisotopic (exact) mass is 324 g/mol. The van der Waals surface area contributed by atoms with Crippen LogP contribution in [0.2, 0.25) is 0 Å². The first-order chi connectivity index (χ1) is 11.6. The van der Waals surface area contributed by atoms with Crippen LogP contribution in [0.4, 0.5) is 5.69 Å². The summed E-state index contributed by atoms with van der Waals surface area (Å²) in [6.07, 6.45) is 2.21. The molecule has 24 heavy (non-hydrogen) atoms. The molecule has 124 valence electrons. The second-order valence-electron chi connectivity index (χ2n) is 5.60. The molecule has 0 bridgehead atoms. The van der Waals surface area contributed by atoms with Gasteiger partial charge in [0.1, 0.15) is 5.82 Å². The molecule has 2 aromatic heterocycles. The van der Waals surface area contributed by atoms with Crippen molar-refractivity contribution in [3.8, 4) is 11.6 Å². The lowest BCUT2D eigenvalue weighted by Crippen LogP contribution is -2.23. The fourth-order valence-electron chi connectivity index (χ4n) is 2.44. The van der Waals surface area contributed by atoms with Crippen LogP contribution >= 0.6 is 0 Å². The smallest absolute Gasteiger partial charge is 0.216 e. The number of H-pyrrole nitrogens is 1. The number of aryl methyl sites for hydroxylation is 2. The number of nitrogens with two attached hydrogens (primary N) is 1. The van der Waals surface area contributed by atoms with Gasteiger partial charge in [0.05, 0.1) is 6.26 Å². The second kappa shape index (κ2) is 6.99. The average Bonchev–Trinajstić information content (AvgIpc) is 3.17. The largest absolute Gasteiger partial charge is 0.461 e. The average molecular weight is 324 g/mol. The standard InChI is InChI=1S/C17H20N6O/c1-11-8-12(2)10-13(9-11)20-17(18)19-6-5-15-21-16(23-22-15)14-4-3-7-24-14/h3-4,7-10H,5-6H2,1-2H3,(H3,18,19,20)(H,21,22,23). The molecular formula is C17H20N6O. The van der Waals surface area contributed by atoms with Gasteiger partial charge in [0, 0.05) is 18.7 Å². The Kier molecular flexibility index (Phi) is 4.60. The summed E-state index contributed by atoms with van der Waals surface area (Å²) in [5.41, 5.74) is 9.22. The first-order valence-electron chi connectivity index (χ1n) is 7.70. The molecule has 7 nitrogen and oxygen atoms in total. The van der Waals surface area contributed by atoms with E-state index in [2.05, 4.69) is 31.6 Å². The van der Waals surface area contributed by atoms with Gasteiger partial charge in [-0.1, -0.05) is 6.07 Å². The number of aromatic nitrogens is 3. The number of furan rings is 1. The molecule has 0 aliphatic carbocycles. The number of benzene rings is 1. The zero-order valence-electron chi connectivity index (χ0n) is 13.7. The fraction of sp³-hybridized carbons (Fsp3) is 0.235. The molecule has 0 amide bonds. The normalized spacial score (nSPS) is 11.7. The second-order valence-corrected chi connectivity index (χ2v) is 5.60. The van der Waals surface area contributed by atoms with Crippen molar-refractivity contribution < 1.29 is 4.42 Å². The van der Waals surface area contributed by atoms with Gasteiger partial charge < -0.3 is 15.5 Å². The van der Waals surface area contributed by atoms with E-state index in [0.717, 1.165) is 11.5 Å². The Bertz CT molecular complexity index is 814. The predicted molar refractivity (Wildman–Crippen MR) is 93.8 cm³/mol. The maximum absolute atomic E-state index is 5.93. The molecular weight excluding hydrogens is 304 g/mol. The molecule has 0 aliphatic heterocycles. The van der Waals surface area contributed by atoms with E-state index in [0.29, 0.717) is 30.5 Å². The highest BCUT2D eigenvalue weighted by atomic mass is 16.3. The van der Waals surface area contributed by atoms with Crippen molar-refractivity contribution in [3.63, 3.8) is 0 Å². The molecule has 4 N–H and O–H groups in total. The number of nitrogens with zero attached hydrogens (tertiary/aromatic N) is 3. The van der Waals surface area contributed by atoms with Gasteiger partial charge in [0.25, 0.3) is 0 Å². The molecule has 0 fully saturated rings. The van der Waals surface area contributed by atoms with Gasteiger partial charge in [-0.15, -0.1) is 0 Å². The van der Waals surface area contributed by atoms with Crippen LogP contribution in [0.15, 0.2) is 46.0 Å². The number of aromatic amines is 1. The molecule has 0 saturated carbocycles. The van der Waals surface area contributed by atoms with Crippen molar-refractivity contribution in [1.82, 2.24) is 15.2 Å². The summed E-state index contributed by atoms with van der Waals surface area (Å²) in [5.74, 6) is 2.30. The van der Waals surface area contributed by atoms with E-state index in [1.807, 2.05) is 32.0 Å². The van der Waals surface area contributed by atoms with Gasteiger partial charge in [0.15, 0.2) is 11.7 Å². The zero-order chi connectivity index (χ0) is 16.9. The number of hydrogen-bond donors (Lipinski definition) is 3. The van der Waals surface area contributed by atoms with Gasteiger partial charge in [-0.05, 0) is 49.2 Å². The molecule has 2 heterocycles. The highest BCUT2D eigenvalue weighted by Crippen LogP contribution is 2.15. The number of rotatable bonds is 5. The van der Waals surface area contributed by atoms with Crippen LogP contribution in [0.3, 0.4) is 0 Å². The van der Waals surface area contributed by atoms with Gasteiger partial charge in [-0.25, -0.2) is 4.98 Å². The van der Waals surface area contributed by atoms with Gasteiger partial charge >= 0.3 is 0 Å². The van der Waals surface area contributed by atoms with Crippen molar-refractivity contribution in [2.24, 2.45) is 10.7 Å². The Hall–Kier alpha value is -3.09. The van der Waals surface area contributed by atoms with Crippen molar-refractivity contribution in [2.75, 3.05) is 11.9 Å². The lowest BCUT2D eigenvalue weighted by Gasteiger charge is -2.07. The third-order valence-electron chi connectivity index (χ3n) is 3.40. The summed E-state index contributed by atoms with van der Waals surface area (Å²) >= 11 is 0. The first kappa shape index (κ1) is 15.8. The van der Waals surface area contributed by atoms with E-state index < -0.39 is 0 Å². The molecule has 3 aromatic rings. The van der Waals surface area contributed by atoms with Crippen molar-refractivity contribution in [3.05, 3.63) is 53.5 Å². The maximum Gasteiger partial charge on any atom is 0.216 e.